The second kappa shape index (κ2) is 11.0. The number of hydrogen-bond donors (Lipinski definition) is 0. The molecular weight excluding hydrogens is 342 g/mol. The molecule has 1 fully saturated rings. The van der Waals surface area contributed by atoms with Gasteiger partial charge >= 0.3 is 0 Å². The molecular formula is C22H29NO4. The highest BCUT2D eigenvalue weighted by Gasteiger charge is 2.18. The van der Waals surface area contributed by atoms with Crippen molar-refractivity contribution in [3.8, 4) is 0 Å². The fourth-order valence-electron chi connectivity index (χ4n) is 3.36. The molecule has 27 heavy (non-hydrogen) atoms. The van der Waals surface area contributed by atoms with Gasteiger partial charge in [-0.1, -0.05) is 35.5 Å². The smallest absolute Gasteiger partial charge is 0.184 e. The molecule has 3 rings (SSSR count). The van der Waals surface area contributed by atoms with E-state index in [4.69, 9.17) is 14.0 Å². The first-order valence-corrected chi connectivity index (χ1v) is 9.99. The van der Waals surface area contributed by atoms with Gasteiger partial charge in [0.2, 0.25) is 0 Å². The number of benzene rings is 1. The molecule has 1 saturated heterocycles. The first kappa shape index (κ1) is 19.8. The maximum Gasteiger partial charge on any atom is 0.184 e. The lowest BCUT2D eigenvalue weighted by atomic mass is 9.93. The number of nitrogens with zero attached hydrogens (tertiary/aromatic N) is 1. The molecule has 5 nitrogen and oxygen atoms in total. The first-order chi connectivity index (χ1) is 13.3. The van der Waals surface area contributed by atoms with Crippen molar-refractivity contribution in [3.63, 3.8) is 0 Å². The summed E-state index contributed by atoms with van der Waals surface area (Å²) in [7, 11) is 0. The van der Waals surface area contributed by atoms with E-state index >= 15 is 0 Å². The van der Waals surface area contributed by atoms with E-state index < -0.39 is 0 Å². The van der Waals surface area contributed by atoms with Gasteiger partial charge in [0.25, 0.3) is 0 Å². The lowest BCUT2D eigenvalue weighted by molar-refractivity contribution is 0.0618. The van der Waals surface area contributed by atoms with E-state index in [1.807, 2.05) is 6.07 Å². The summed E-state index contributed by atoms with van der Waals surface area (Å²) < 4.78 is 16.2. The summed E-state index contributed by atoms with van der Waals surface area (Å²) in [6.07, 6.45) is 6.69. The Morgan fingerprint density at radius 2 is 1.96 bits per heavy atom. The van der Waals surface area contributed by atoms with Crippen LogP contribution in [0.15, 0.2) is 40.9 Å². The Morgan fingerprint density at radius 1 is 1.15 bits per heavy atom. The fraction of sp³-hybridized carbons (Fsp3) is 0.545. The normalized spacial score (nSPS) is 15.1. The Bertz CT molecular complexity index is 677. The van der Waals surface area contributed by atoms with E-state index in [-0.39, 0.29) is 5.78 Å². The molecule has 0 saturated carbocycles. The van der Waals surface area contributed by atoms with Crippen LogP contribution in [0.5, 0.6) is 0 Å². The summed E-state index contributed by atoms with van der Waals surface area (Å²) in [6, 6.07) is 12.2. The van der Waals surface area contributed by atoms with Crippen LogP contribution in [0.4, 0.5) is 0 Å². The van der Waals surface area contributed by atoms with Gasteiger partial charge in [0.05, 0.1) is 0 Å². The highest BCUT2D eigenvalue weighted by atomic mass is 16.5. The monoisotopic (exact) mass is 371 g/mol. The third kappa shape index (κ3) is 6.92. The van der Waals surface area contributed by atoms with E-state index in [2.05, 4.69) is 29.4 Å². The molecule has 2 heterocycles. The van der Waals surface area contributed by atoms with Crippen molar-refractivity contribution in [1.29, 1.82) is 0 Å². The number of rotatable bonds is 11. The van der Waals surface area contributed by atoms with E-state index in [0.717, 1.165) is 51.7 Å². The predicted molar refractivity (Wildman–Crippen MR) is 103 cm³/mol. The zero-order valence-electron chi connectivity index (χ0n) is 15.9. The Hall–Kier alpha value is -1.98. The summed E-state index contributed by atoms with van der Waals surface area (Å²) in [5, 5.41) is 3.91. The molecule has 0 aliphatic carbocycles. The number of carbonyl (C=O) groups is 1. The van der Waals surface area contributed by atoms with Crippen molar-refractivity contribution >= 4 is 5.78 Å². The molecule has 1 aliphatic rings. The second-order valence-electron chi connectivity index (χ2n) is 7.19. The molecule has 1 aromatic carbocycles. The summed E-state index contributed by atoms with van der Waals surface area (Å²) >= 11 is 0. The molecule has 5 heteroatoms. The second-order valence-corrected chi connectivity index (χ2v) is 7.19. The van der Waals surface area contributed by atoms with Crippen molar-refractivity contribution in [2.45, 2.75) is 51.6 Å². The van der Waals surface area contributed by atoms with E-state index in [1.165, 1.54) is 5.56 Å². The van der Waals surface area contributed by atoms with E-state index in [0.29, 0.717) is 37.0 Å². The lowest BCUT2D eigenvalue weighted by Crippen LogP contribution is -2.16. The Morgan fingerprint density at radius 3 is 2.78 bits per heavy atom. The molecule has 0 spiro atoms. The zero-order valence-corrected chi connectivity index (χ0v) is 15.9. The molecule has 0 radical (unpaired) electrons. The van der Waals surface area contributed by atoms with E-state index in [1.54, 1.807) is 6.07 Å². The summed E-state index contributed by atoms with van der Waals surface area (Å²) in [6.45, 7) is 2.68. The number of aryl methyl sites for hydroxylation is 1. The van der Waals surface area contributed by atoms with Crippen molar-refractivity contribution < 1.29 is 18.8 Å². The van der Waals surface area contributed by atoms with Gasteiger partial charge in [-0.05, 0) is 50.0 Å². The molecule has 1 aliphatic heterocycles. The van der Waals surface area contributed by atoms with Crippen LogP contribution in [0.1, 0.15) is 60.3 Å². The number of aromatic nitrogens is 1. The summed E-state index contributed by atoms with van der Waals surface area (Å²) in [5.41, 5.74) is 1.78. The number of hydrogen-bond acceptors (Lipinski definition) is 5. The lowest BCUT2D eigenvalue weighted by Gasteiger charge is -2.21. The number of unbranched alkanes of at least 4 members (excludes halogenated alkanes) is 1. The Kier molecular flexibility index (Phi) is 8.05. The van der Waals surface area contributed by atoms with Crippen LogP contribution in [0.2, 0.25) is 0 Å². The molecule has 0 amide bonds. The van der Waals surface area contributed by atoms with Gasteiger partial charge in [-0.2, -0.15) is 0 Å². The molecule has 0 unspecified atom stereocenters. The Labute approximate surface area is 161 Å². The minimum atomic E-state index is 0.0550. The number of Topliss-reactive ketones (excluding diaryl/α,β-unsaturated/α-hetero) is 1. The van der Waals surface area contributed by atoms with Gasteiger partial charge in [-0.25, -0.2) is 0 Å². The largest absolute Gasteiger partial charge is 0.381 e. The molecule has 0 bridgehead atoms. The molecule has 146 valence electrons. The van der Waals surface area contributed by atoms with Gasteiger partial charge in [0.15, 0.2) is 11.5 Å². The summed E-state index contributed by atoms with van der Waals surface area (Å²) in [5.74, 6) is 1.26. The fourth-order valence-corrected chi connectivity index (χ4v) is 3.36. The van der Waals surface area contributed by atoms with Gasteiger partial charge in [0.1, 0.15) is 12.3 Å². The maximum atomic E-state index is 12.3. The SMILES string of the molecule is O=C(CCC1CCOCC1)c1cc(COCCCCc2ccccc2)on1. The highest BCUT2D eigenvalue weighted by molar-refractivity contribution is 5.94. The van der Waals surface area contributed by atoms with Crippen LogP contribution in [0, 0.1) is 5.92 Å². The van der Waals surface area contributed by atoms with Gasteiger partial charge in [-0.15, -0.1) is 0 Å². The Balaban J connectivity index is 1.28. The minimum absolute atomic E-state index is 0.0550. The minimum Gasteiger partial charge on any atom is -0.381 e. The van der Waals surface area contributed by atoms with Crippen LogP contribution in [-0.2, 0) is 22.5 Å². The van der Waals surface area contributed by atoms with Gasteiger partial charge in [-0.3, -0.25) is 4.79 Å². The highest BCUT2D eigenvalue weighted by Crippen LogP contribution is 2.21. The maximum absolute atomic E-state index is 12.3. The average molecular weight is 371 g/mol. The van der Waals surface area contributed by atoms with Crippen molar-refractivity contribution in [1.82, 2.24) is 5.16 Å². The van der Waals surface area contributed by atoms with Crippen molar-refractivity contribution in [3.05, 3.63) is 53.4 Å². The summed E-state index contributed by atoms with van der Waals surface area (Å²) in [4.78, 5) is 12.3. The molecule has 2 aromatic rings. The zero-order chi connectivity index (χ0) is 18.7. The number of carbonyl (C=O) groups excluding carboxylic acids is 1. The first-order valence-electron chi connectivity index (χ1n) is 9.99. The molecule has 0 N–H and O–H groups in total. The standard InChI is InChI=1S/C22H29NO4/c24-22(10-9-19-11-14-25-15-12-19)21-16-20(27-23-21)17-26-13-5-4-8-18-6-2-1-3-7-18/h1-3,6-7,16,19H,4-5,8-15,17H2. The topological polar surface area (TPSA) is 61.6 Å². The van der Waals surface area contributed by atoms with Crippen LogP contribution >= 0.6 is 0 Å². The third-order valence-electron chi connectivity index (χ3n) is 5.06. The van der Waals surface area contributed by atoms with Crippen molar-refractivity contribution in [2.24, 2.45) is 5.92 Å². The van der Waals surface area contributed by atoms with Crippen LogP contribution < -0.4 is 0 Å². The molecule has 1 aromatic heterocycles. The predicted octanol–water partition coefficient (Wildman–Crippen LogP) is 4.60. The number of ketones is 1. The number of ether oxygens (including phenoxy) is 2. The van der Waals surface area contributed by atoms with Crippen molar-refractivity contribution in [2.75, 3.05) is 19.8 Å². The quantitative estimate of drug-likeness (QED) is 0.427. The molecule has 0 atom stereocenters. The van der Waals surface area contributed by atoms with Gasteiger partial charge in [0, 0.05) is 32.3 Å². The van der Waals surface area contributed by atoms with Crippen LogP contribution in [0.25, 0.3) is 0 Å². The average Bonchev–Trinajstić information content (AvgIpc) is 3.19. The van der Waals surface area contributed by atoms with Gasteiger partial charge < -0.3 is 14.0 Å². The van der Waals surface area contributed by atoms with E-state index in [9.17, 15) is 4.79 Å². The van der Waals surface area contributed by atoms with Crippen LogP contribution in [0.3, 0.4) is 0 Å². The van der Waals surface area contributed by atoms with Crippen LogP contribution in [-0.4, -0.2) is 30.8 Å². The third-order valence-corrected chi connectivity index (χ3v) is 5.06.